The smallest absolute Gasteiger partial charge is 0.306 e. The largest absolute Gasteiger partial charge is 0.330 e. The second-order valence-corrected chi connectivity index (χ2v) is 6.05. The number of imide groups is 2. The van der Waals surface area contributed by atoms with Crippen molar-refractivity contribution in [2.75, 3.05) is 26.7 Å². The van der Waals surface area contributed by atoms with Gasteiger partial charge in [0.05, 0.1) is 0 Å². The van der Waals surface area contributed by atoms with Crippen LogP contribution in [0.5, 0.6) is 0 Å². The number of nitrogens with zero attached hydrogens (tertiary/aromatic N) is 2. The van der Waals surface area contributed by atoms with Crippen LogP contribution in [0.4, 0.5) is 4.79 Å². The van der Waals surface area contributed by atoms with Crippen molar-refractivity contribution in [3.05, 3.63) is 0 Å². The van der Waals surface area contributed by atoms with E-state index in [4.69, 9.17) is 0 Å². The Morgan fingerprint density at radius 3 is 2.42 bits per heavy atom. The van der Waals surface area contributed by atoms with E-state index in [1.165, 1.54) is 11.8 Å². The molecule has 6 nitrogen and oxygen atoms in total. The molecule has 0 spiro atoms. The molecular weight excluding hydrogens is 246 g/mol. The van der Waals surface area contributed by atoms with E-state index in [2.05, 4.69) is 24.2 Å². The fourth-order valence-electron chi connectivity index (χ4n) is 2.58. The van der Waals surface area contributed by atoms with Gasteiger partial charge in [-0.1, -0.05) is 6.92 Å². The Labute approximate surface area is 113 Å². The first kappa shape index (κ1) is 14.0. The van der Waals surface area contributed by atoms with E-state index in [0.717, 1.165) is 25.9 Å². The summed E-state index contributed by atoms with van der Waals surface area (Å²) in [6, 6.07) is -0.576. The fourth-order valence-corrected chi connectivity index (χ4v) is 2.58. The highest BCUT2D eigenvalue weighted by molar-refractivity contribution is 6.15. The third kappa shape index (κ3) is 2.78. The zero-order valence-electron chi connectivity index (χ0n) is 11.7. The Balaban J connectivity index is 2.07. The Hall–Kier alpha value is -1.43. The van der Waals surface area contributed by atoms with Gasteiger partial charge in [0.1, 0.15) is 5.92 Å². The lowest BCUT2D eigenvalue weighted by Gasteiger charge is -2.41. The summed E-state index contributed by atoms with van der Waals surface area (Å²) < 4.78 is 0. The van der Waals surface area contributed by atoms with Crippen LogP contribution in [-0.2, 0) is 9.59 Å². The number of rotatable bonds is 2. The summed E-state index contributed by atoms with van der Waals surface area (Å²) in [6.45, 7) is 5.96. The Morgan fingerprint density at radius 1 is 1.26 bits per heavy atom. The standard InChI is InChI=1S/C13H21N3O3/c1-9-10(17)14-12(19)16(11(9)18)8-13(2)4-6-15(3)7-5-13/h9H,4-8H2,1-3H3,(H,14,17,19). The van der Waals surface area contributed by atoms with Crippen LogP contribution >= 0.6 is 0 Å². The van der Waals surface area contributed by atoms with Gasteiger partial charge in [-0.05, 0) is 45.3 Å². The molecule has 2 saturated heterocycles. The summed E-state index contributed by atoms with van der Waals surface area (Å²) in [5, 5.41) is 2.24. The van der Waals surface area contributed by atoms with Crippen LogP contribution in [0.1, 0.15) is 26.7 Å². The number of amides is 4. The summed E-state index contributed by atoms with van der Waals surface area (Å²) in [6.07, 6.45) is 1.89. The third-order valence-electron chi connectivity index (χ3n) is 4.24. The van der Waals surface area contributed by atoms with E-state index < -0.39 is 17.9 Å². The molecule has 0 aromatic carbocycles. The van der Waals surface area contributed by atoms with E-state index in [1.807, 2.05) is 0 Å². The minimum absolute atomic E-state index is 0.0559. The van der Waals surface area contributed by atoms with E-state index in [1.54, 1.807) is 0 Å². The molecule has 106 valence electrons. The number of hydrogen-bond acceptors (Lipinski definition) is 4. The SMILES string of the molecule is CC1C(=O)NC(=O)N(CC2(C)CCN(C)CC2)C1=O. The molecule has 1 N–H and O–H groups in total. The summed E-state index contributed by atoms with van der Waals surface area (Å²) in [5.41, 5.74) is -0.0559. The first-order valence-corrected chi connectivity index (χ1v) is 6.67. The van der Waals surface area contributed by atoms with Crippen LogP contribution in [-0.4, -0.2) is 54.3 Å². The van der Waals surface area contributed by atoms with Crippen molar-refractivity contribution in [2.45, 2.75) is 26.7 Å². The summed E-state index contributed by atoms with van der Waals surface area (Å²) >= 11 is 0. The number of urea groups is 1. The van der Waals surface area contributed by atoms with Crippen LogP contribution in [0.25, 0.3) is 0 Å². The maximum atomic E-state index is 12.1. The molecule has 2 aliphatic rings. The predicted octanol–water partition coefficient (Wildman–Crippen LogP) is 0.433. The van der Waals surface area contributed by atoms with Gasteiger partial charge >= 0.3 is 6.03 Å². The molecule has 0 bridgehead atoms. The number of hydrogen-bond donors (Lipinski definition) is 1. The molecule has 0 aromatic heterocycles. The summed E-state index contributed by atoms with van der Waals surface area (Å²) in [7, 11) is 2.07. The molecule has 19 heavy (non-hydrogen) atoms. The zero-order valence-corrected chi connectivity index (χ0v) is 11.7. The topological polar surface area (TPSA) is 69.7 Å². The van der Waals surface area contributed by atoms with E-state index >= 15 is 0 Å². The van der Waals surface area contributed by atoms with Crippen LogP contribution in [0.15, 0.2) is 0 Å². The van der Waals surface area contributed by atoms with Crippen LogP contribution < -0.4 is 5.32 Å². The zero-order chi connectivity index (χ0) is 14.2. The van der Waals surface area contributed by atoms with Gasteiger partial charge in [-0.3, -0.25) is 19.8 Å². The summed E-state index contributed by atoms with van der Waals surface area (Å²) in [5.74, 6) is -1.65. The minimum atomic E-state index is -0.771. The van der Waals surface area contributed by atoms with Crippen LogP contribution in [0, 0.1) is 11.3 Å². The van der Waals surface area contributed by atoms with Gasteiger partial charge in [-0.25, -0.2) is 4.79 Å². The molecule has 2 aliphatic heterocycles. The van der Waals surface area contributed by atoms with Gasteiger partial charge in [0.2, 0.25) is 11.8 Å². The van der Waals surface area contributed by atoms with Crippen molar-refractivity contribution in [3.63, 3.8) is 0 Å². The molecule has 0 radical (unpaired) electrons. The van der Waals surface area contributed by atoms with Crippen molar-refractivity contribution in [1.82, 2.24) is 15.1 Å². The van der Waals surface area contributed by atoms with Crippen molar-refractivity contribution in [1.29, 1.82) is 0 Å². The predicted molar refractivity (Wildman–Crippen MR) is 69.3 cm³/mol. The highest BCUT2D eigenvalue weighted by Crippen LogP contribution is 2.32. The summed E-state index contributed by atoms with van der Waals surface area (Å²) in [4.78, 5) is 38.7. The molecule has 1 unspecified atom stereocenters. The molecule has 2 heterocycles. The minimum Gasteiger partial charge on any atom is -0.306 e. The van der Waals surface area contributed by atoms with Gasteiger partial charge in [0, 0.05) is 6.54 Å². The fraction of sp³-hybridized carbons (Fsp3) is 0.769. The molecule has 6 heteroatoms. The Kier molecular flexibility index (Phi) is 3.62. The molecule has 2 fully saturated rings. The molecule has 1 atom stereocenters. The highest BCUT2D eigenvalue weighted by Gasteiger charge is 2.41. The van der Waals surface area contributed by atoms with Gasteiger partial charge < -0.3 is 4.90 Å². The van der Waals surface area contributed by atoms with E-state index in [0.29, 0.717) is 6.54 Å². The number of likely N-dealkylation sites (tertiary alicyclic amines) is 1. The number of carbonyl (C=O) groups excluding carboxylic acids is 3. The maximum Gasteiger partial charge on any atom is 0.330 e. The Morgan fingerprint density at radius 2 is 1.84 bits per heavy atom. The molecule has 0 aliphatic carbocycles. The highest BCUT2D eigenvalue weighted by atomic mass is 16.2. The lowest BCUT2D eigenvalue weighted by atomic mass is 9.79. The quantitative estimate of drug-likeness (QED) is 0.737. The maximum absolute atomic E-state index is 12.1. The van der Waals surface area contributed by atoms with Crippen molar-refractivity contribution in [2.24, 2.45) is 11.3 Å². The number of barbiturate groups is 1. The van der Waals surface area contributed by atoms with E-state index in [-0.39, 0.29) is 11.3 Å². The molecule has 4 amide bonds. The average Bonchev–Trinajstić information content (AvgIpc) is 2.36. The van der Waals surface area contributed by atoms with Crippen molar-refractivity contribution >= 4 is 17.8 Å². The van der Waals surface area contributed by atoms with Gasteiger partial charge in [-0.2, -0.15) is 0 Å². The number of nitrogens with one attached hydrogen (secondary N) is 1. The van der Waals surface area contributed by atoms with Crippen molar-refractivity contribution < 1.29 is 14.4 Å². The number of piperidine rings is 1. The van der Waals surface area contributed by atoms with Gasteiger partial charge in [0.25, 0.3) is 0 Å². The first-order valence-electron chi connectivity index (χ1n) is 6.67. The van der Waals surface area contributed by atoms with Crippen LogP contribution in [0.2, 0.25) is 0 Å². The molecule has 0 aromatic rings. The Bertz CT molecular complexity index is 413. The normalized spacial score (nSPS) is 28.5. The molecule has 2 rings (SSSR count). The molecule has 0 saturated carbocycles. The average molecular weight is 267 g/mol. The van der Waals surface area contributed by atoms with Crippen LogP contribution in [0.3, 0.4) is 0 Å². The van der Waals surface area contributed by atoms with Gasteiger partial charge in [-0.15, -0.1) is 0 Å². The molecular formula is C13H21N3O3. The first-order chi connectivity index (χ1) is 8.82. The second-order valence-electron chi connectivity index (χ2n) is 6.05. The lowest BCUT2D eigenvalue weighted by molar-refractivity contribution is -0.143. The lowest BCUT2D eigenvalue weighted by Crippen LogP contribution is -2.59. The van der Waals surface area contributed by atoms with Crippen molar-refractivity contribution in [3.8, 4) is 0 Å². The third-order valence-corrected chi connectivity index (χ3v) is 4.24. The second kappa shape index (κ2) is 4.92. The monoisotopic (exact) mass is 267 g/mol. The van der Waals surface area contributed by atoms with Gasteiger partial charge in [0.15, 0.2) is 0 Å². The van der Waals surface area contributed by atoms with E-state index in [9.17, 15) is 14.4 Å². The number of carbonyl (C=O) groups is 3.